The van der Waals surface area contributed by atoms with E-state index < -0.39 is 0 Å². The number of hydrogen-bond donors (Lipinski definition) is 3. The molecule has 5 nitrogen and oxygen atoms in total. The summed E-state index contributed by atoms with van der Waals surface area (Å²) >= 11 is 0. The lowest BCUT2D eigenvalue weighted by atomic mass is 10.1. The quantitative estimate of drug-likeness (QED) is 0.548. The van der Waals surface area contributed by atoms with E-state index in [1.165, 1.54) is 0 Å². The minimum atomic E-state index is -0.315. The number of rotatable bonds is 2. The molecule has 0 radical (unpaired) electrons. The molecule has 3 N–H and O–H groups in total. The average Bonchev–Trinajstić information content (AvgIpc) is 2.77. The molecule has 0 aromatic rings. The zero-order valence-electron chi connectivity index (χ0n) is 8.88. The fourth-order valence-corrected chi connectivity index (χ4v) is 2.10. The third kappa shape index (κ3) is 2.28. The highest BCUT2D eigenvalue weighted by atomic mass is 16.2. The van der Waals surface area contributed by atoms with Gasteiger partial charge in [-0.05, 0) is 18.9 Å². The molecule has 3 atom stereocenters. The summed E-state index contributed by atoms with van der Waals surface area (Å²) in [5.41, 5.74) is 0. The second-order valence-corrected chi connectivity index (χ2v) is 4.41. The zero-order chi connectivity index (χ0) is 10.8. The van der Waals surface area contributed by atoms with Gasteiger partial charge in [-0.2, -0.15) is 0 Å². The molecular formula is C10H17N3O2. The minimum absolute atomic E-state index is 0.0206. The maximum Gasteiger partial charge on any atom is 0.242 e. The molecule has 2 fully saturated rings. The summed E-state index contributed by atoms with van der Waals surface area (Å²) in [6.45, 7) is 3.88. The van der Waals surface area contributed by atoms with Gasteiger partial charge in [0, 0.05) is 19.0 Å². The van der Waals surface area contributed by atoms with Crippen LogP contribution in [0, 0.1) is 5.92 Å². The fourth-order valence-electron chi connectivity index (χ4n) is 2.10. The SMILES string of the molecule is CC1CNCC1NC(=O)C1CCC(=O)N1. The van der Waals surface area contributed by atoms with E-state index in [0.29, 0.717) is 18.8 Å². The molecule has 2 aliphatic heterocycles. The molecule has 84 valence electrons. The van der Waals surface area contributed by atoms with Gasteiger partial charge in [0.1, 0.15) is 6.04 Å². The first-order valence-electron chi connectivity index (χ1n) is 5.47. The van der Waals surface area contributed by atoms with Gasteiger partial charge in [0.05, 0.1) is 0 Å². The summed E-state index contributed by atoms with van der Waals surface area (Å²) in [4.78, 5) is 22.7. The first-order chi connectivity index (χ1) is 7.16. The monoisotopic (exact) mass is 211 g/mol. The largest absolute Gasteiger partial charge is 0.350 e. The van der Waals surface area contributed by atoms with Crippen LogP contribution in [-0.4, -0.2) is 37.0 Å². The number of amides is 2. The van der Waals surface area contributed by atoms with Crippen LogP contribution in [0.15, 0.2) is 0 Å². The van der Waals surface area contributed by atoms with Gasteiger partial charge >= 0.3 is 0 Å². The highest BCUT2D eigenvalue weighted by Gasteiger charge is 2.31. The van der Waals surface area contributed by atoms with Crippen molar-refractivity contribution in [3.63, 3.8) is 0 Å². The first-order valence-corrected chi connectivity index (χ1v) is 5.47. The molecule has 0 spiro atoms. The van der Waals surface area contributed by atoms with Crippen LogP contribution in [0.1, 0.15) is 19.8 Å². The first kappa shape index (κ1) is 10.4. The Morgan fingerprint density at radius 1 is 1.47 bits per heavy atom. The lowest BCUT2D eigenvalue weighted by Gasteiger charge is -2.18. The van der Waals surface area contributed by atoms with Crippen molar-refractivity contribution in [3.8, 4) is 0 Å². The smallest absolute Gasteiger partial charge is 0.242 e. The molecule has 2 saturated heterocycles. The summed E-state index contributed by atoms with van der Waals surface area (Å²) < 4.78 is 0. The Hall–Kier alpha value is -1.10. The molecule has 0 bridgehead atoms. The normalized spacial score (nSPS) is 35.3. The zero-order valence-corrected chi connectivity index (χ0v) is 8.88. The number of nitrogens with one attached hydrogen (secondary N) is 3. The Balaban J connectivity index is 1.84. The van der Waals surface area contributed by atoms with E-state index in [1.807, 2.05) is 0 Å². The van der Waals surface area contributed by atoms with Crippen molar-refractivity contribution in [3.05, 3.63) is 0 Å². The molecular weight excluding hydrogens is 194 g/mol. The highest BCUT2D eigenvalue weighted by Crippen LogP contribution is 2.10. The van der Waals surface area contributed by atoms with Crippen LogP contribution >= 0.6 is 0 Å². The maximum atomic E-state index is 11.7. The number of carbonyl (C=O) groups excluding carboxylic acids is 2. The summed E-state index contributed by atoms with van der Waals surface area (Å²) in [7, 11) is 0. The Bertz CT molecular complexity index is 280. The second-order valence-electron chi connectivity index (χ2n) is 4.41. The molecule has 2 heterocycles. The van der Waals surface area contributed by atoms with Crippen LogP contribution in [0.3, 0.4) is 0 Å². The third-order valence-corrected chi connectivity index (χ3v) is 3.16. The summed E-state index contributed by atoms with van der Waals surface area (Å²) in [5.74, 6) is 0.403. The molecule has 2 amide bonds. The van der Waals surface area contributed by atoms with Crippen molar-refractivity contribution >= 4 is 11.8 Å². The molecule has 3 unspecified atom stereocenters. The fraction of sp³-hybridized carbons (Fsp3) is 0.800. The Morgan fingerprint density at radius 2 is 2.27 bits per heavy atom. The van der Waals surface area contributed by atoms with E-state index in [0.717, 1.165) is 13.1 Å². The van der Waals surface area contributed by atoms with Gasteiger partial charge in [0.15, 0.2) is 0 Å². The predicted octanol–water partition coefficient (Wildman–Crippen LogP) is -1.01. The van der Waals surface area contributed by atoms with Crippen LogP contribution in [0.4, 0.5) is 0 Å². The molecule has 0 aromatic carbocycles. The molecule has 2 aliphatic rings. The summed E-state index contributed by atoms with van der Waals surface area (Å²) in [6, 6.07) is -0.111. The molecule has 15 heavy (non-hydrogen) atoms. The van der Waals surface area contributed by atoms with Gasteiger partial charge in [0.25, 0.3) is 0 Å². The van der Waals surface area contributed by atoms with E-state index in [2.05, 4.69) is 22.9 Å². The number of hydrogen-bond acceptors (Lipinski definition) is 3. The van der Waals surface area contributed by atoms with Gasteiger partial charge in [-0.25, -0.2) is 0 Å². The van der Waals surface area contributed by atoms with Crippen LogP contribution < -0.4 is 16.0 Å². The van der Waals surface area contributed by atoms with Gasteiger partial charge in [-0.1, -0.05) is 6.92 Å². The van der Waals surface area contributed by atoms with Gasteiger partial charge < -0.3 is 16.0 Å². The third-order valence-electron chi connectivity index (χ3n) is 3.16. The predicted molar refractivity (Wildman–Crippen MR) is 55.1 cm³/mol. The summed E-state index contributed by atoms with van der Waals surface area (Å²) in [5, 5.41) is 8.87. The van der Waals surface area contributed by atoms with Gasteiger partial charge in [0.2, 0.25) is 11.8 Å². The van der Waals surface area contributed by atoms with E-state index in [-0.39, 0.29) is 23.9 Å². The van der Waals surface area contributed by atoms with Crippen LogP contribution in [0.2, 0.25) is 0 Å². The van der Waals surface area contributed by atoms with Gasteiger partial charge in [-0.3, -0.25) is 9.59 Å². The van der Waals surface area contributed by atoms with E-state index >= 15 is 0 Å². The standard InChI is InChI=1S/C10H17N3O2/c1-6-4-11-5-8(6)13-10(15)7-2-3-9(14)12-7/h6-8,11H,2-5H2,1H3,(H,12,14)(H,13,15). The van der Waals surface area contributed by atoms with Crippen molar-refractivity contribution in [1.82, 2.24) is 16.0 Å². The molecule has 0 saturated carbocycles. The van der Waals surface area contributed by atoms with E-state index in [1.54, 1.807) is 0 Å². The Kier molecular flexibility index (Phi) is 2.90. The molecule has 0 aliphatic carbocycles. The molecule has 0 aromatic heterocycles. The van der Waals surface area contributed by atoms with Crippen LogP contribution in [-0.2, 0) is 9.59 Å². The van der Waals surface area contributed by atoms with Crippen molar-refractivity contribution in [2.45, 2.75) is 31.8 Å². The Morgan fingerprint density at radius 3 is 2.80 bits per heavy atom. The lowest BCUT2D eigenvalue weighted by Crippen LogP contribution is -2.48. The summed E-state index contributed by atoms with van der Waals surface area (Å²) in [6.07, 6.45) is 1.09. The van der Waals surface area contributed by atoms with Crippen molar-refractivity contribution in [2.75, 3.05) is 13.1 Å². The van der Waals surface area contributed by atoms with Crippen molar-refractivity contribution in [2.24, 2.45) is 5.92 Å². The Labute approximate surface area is 89.0 Å². The van der Waals surface area contributed by atoms with Crippen LogP contribution in [0.5, 0.6) is 0 Å². The average molecular weight is 211 g/mol. The van der Waals surface area contributed by atoms with E-state index in [4.69, 9.17) is 0 Å². The lowest BCUT2D eigenvalue weighted by molar-refractivity contribution is -0.126. The van der Waals surface area contributed by atoms with Gasteiger partial charge in [-0.15, -0.1) is 0 Å². The second kappa shape index (κ2) is 4.18. The maximum absolute atomic E-state index is 11.7. The number of carbonyl (C=O) groups is 2. The minimum Gasteiger partial charge on any atom is -0.350 e. The van der Waals surface area contributed by atoms with Crippen molar-refractivity contribution < 1.29 is 9.59 Å². The molecule has 2 rings (SSSR count). The highest BCUT2D eigenvalue weighted by molar-refractivity contribution is 5.90. The molecule has 5 heteroatoms. The van der Waals surface area contributed by atoms with Crippen molar-refractivity contribution in [1.29, 1.82) is 0 Å². The van der Waals surface area contributed by atoms with E-state index in [9.17, 15) is 9.59 Å². The van der Waals surface area contributed by atoms with Crippen LogP contribution in [0.25, 0.3) is 0 Å². The topological polar surface area (TPSA) is 70.2 Å².